The second kappa shape index (κ2) is 4.96. The zero-order valence-corrected chi connectivity index (χ0v) is 10.8. The Kier molecular flexibility index (Phi) is 3.54. The quantitative estimate of drug-likeness (QED) is 0.692. The molecule has 0 unspecified atom stereocenters. The number of hydrogen-bond acceptors (Lipinski definition) is 3. The molecular weight excluding hydrogens is 274 g/mol. The van der Waals surface area contributed by atoms with Crippen LogP contribution in [0.4, 0.5) is 0 Å². The molecule has 0 aliphatic rings. The van der Waals surface area contributed by atoms with Crippen LogP contribution in [0.5, 0.6) is 0 Å². The van der Waals surface area contributed by atoms with Gasteiger partial charge in [-0.2, -0.15) is 0 Å². The molecular formula is C12H10ClNO3S. The molecule has 2 aromatic rings. The van der Waals surface area contributed by atoms with E-state index in [0.717, 1.165) is 5.56 Å². The van der Waals surface area contributed by atoms with E-state index in [9.17, 15) is 13.2 Å². The number of rotatable bonds is 4. The highest BCUT2D eigenvalue weighted by Gasteiger charge is 2.16. The molecule has 0 spiro atoms. The van der Waals surface area contributed by atoms with Gasteiger partial charge in [0.05, 0.1) is 0 Å². The molecule has 0 amide bonds. The lowest BCUT2D eigenvalue weighted by atomic mass is 10.1. The van der Waals surface area contributed by atoms with Gasteiger partial charge in [0, 0.05) is 28.9 Å². The van der Waals surface area contributed by atoms with E-state index in [0.29, 0.717) is 5.56 Å². The molecule has 0 saturated carbocycles. The van der Waals surface area contributed by atoms with Crippen LogP contribution in [-0.4, -0.2) is 19.2 Å². The second-order valence-electron chi connectivity index (χ2n) is 3.78. The first-order valence-electron chi connectivity index (χ1n) is 5.17. The normalized spacial score (nSPS) is 11.4. The molecule has 6 heteroatoms. The number of H-pyrrole nitrogens is 1. The fourth-order valence-corrected chi connectivity index (χ4v) is 2.29. The van der Waals surface area contributed by atoms with Crippen LogP contribution in [0.2, 0.25) is 0 Å². The predicted molar refractivity (Wildman–Crippen MR) is 68.3 cm³/mol. The maximum absolute atomic E-state index is 11.9. The fourth-order valence-electron chi connectivity index (χ4n) is 1.56. The lowest BCUT2D eigenvalue weighted by Crippen LogP contribution is -2.01. The van der Waals surface area contributed by atoms with E-state index in [1.54, 1.807) is 0 Å². The number of Topliss-reactive ketones (excluding diaryl/α,β-unsaturated/α-hetero) is 1. The molecule has 0 aliphatic carbocycles. The van der Waals surface area contributed by atoms with Crippen molar-refractivity contribution in [2.24, 2.45) is 0 Å². The summed E-state index contributed by atoms with van der Waals surface area (Å²) in [4.78, 5) is 14.4. The summed E-state index contributed by atoms with van der Waals surface area (Å²) in [5.41, 5.74) is 1.18. The van der Waals surface area contributed by atoms with Crippen LogP contribution in [0, 0.1) is 0 Å². The maximum atomic E-state index is 11.9. The van der Waals surface area contributed by atoms with Crippen LogP contribution in [-0.2, 0) is 15.5 Å². The maximum Gasteiger partial charge on any atom is 0.276 e. The van der Waals surface area contributed by atoms with E-state index in [-0.39, 0.29) is 17.2 Å². The minimum atomic E-state index is -3.82. The molecule has 0 saturated heterocycles. The first-order chi connectivity index (χ1) is 8.47. The van der Waals surface area contributed by atoms with Crippen LogP contribution in [0.3, 0.4) is 0 Å². The fraction of sp³-hybridized carbons (Fsp3) is 0.0833. The molecule has 0 bridgehead atoms. The van der Waals surface area contributed by atoms with Gasteiger partial charge in [-0.3, -0.25) is 4.79 Å². The molecule has 18 heavy (non-hydrogen) atoms. The Balaban J connectivity index is 2.18. The van der Waals surface area contributed by atoms with Crippen molar-refractivity contribution in [3.63, 3.8) is 0 Å². The topological polar surface area (TPSA) is 67.0 Å². The smallest absolute Gasteiger partial charge is 0.276 e. The molecule has 1 aromatic carbocycles. The van der Waals surface area contributed by atoms with Crippen LogP contribution >= 0.6 is 10.7 Å². The summed E-state index contributed by atoms with van der Waals surface area (Å²) in [5, 5.41) is -0.166. The van der Waals surface area contributed by atoms with Gasteiger partial charge >= 0.3 is 0 Å². The van der Waals surface area contributed by atoms with Crippen molar-refractivity contribution in [2.45, 2.75) is 11.4 Å². The third-order valence-electron chi connectivity index (χ3n) is 2.45. The van der Waals surface area contributed by atoms with Crippen LogP contribution in [0.25, 0.3) is 0 Å². The highest BCUT2D eigenvalue weighted by Crippen LogP contribution is 2.16. The van der Waals surface area contributed by atoms with Gasteiger partial charge in [0.1, 0.15) is 5.03 Å². The molecule has 1 aromatic heterocycles. The van der Waals surface area contributed by atoms with Crippen molar-refractivity contribution in [3.05, 3.63) is 53.7 Å². The van der Waals surface area contributed by atoms with Gasteiger partial charge in [-0.25, -0.2) is 8.42 Å². The van der Waals surface area contributed by atoms with E-state index in [1.807, 2.05) is 30.3 Å². The first-order valence-corrected chi connectivity index (χ1v) is 7.48. The van der Waals surface area contributed by atoms with E-state index >= 15 is 0 Å². The van der Waals surface area contributed by atoms with Crippen molar-refractivity contribution in [2.75, 3.05) is 0 Å². The summed E-state index contributed by atoms with van der Waals surface area (Å²) in [5.74, 6) is -0.163. The average molecular weight is 284 g/mol. The lowest BCUT2D eigenvalue weighted by Gasteiger charge is -1.98. The third kappa shape index (κ3) is 3.00. The van der Waals surface area contributed by atoms with Gasteiger partial charge in [0.2, 0.25) is 0 Å². The molecule has 0 radical (unpaired) electrons. The predicted octanol–water partition coefficient (Wildman–Crippen LogP) is 2.37. The number of halogens is 1. The number of aromatic nitrogens is 1. The average Bonchev–Trinajstić information content (AvgIpc) is 2.79. The van der Waals surface area contributed by atoms with Gasteiger partial charge in [0.25, 0.3) is 9.05 Å². The van der Waals surface area contributed by atoms with Crippen LogP contribution in [0.1, 0.15) is 15.9 Å². The third-order valence-corrected chi connectivity index (χ3v) is 3.71. The largest absolute Gasteiger partial charge is 0.351 e. The zero-order valence-electron chi connectivity index (χ0n) is 9.26. The molecule has 4 nitrogen and oxygen atoms in total. The monoisotopic (exact) mass is 283 g/mol. The zero-order chi connectivity index (χ0) is 13.2. The lowest BCUT2D eigenvalue weighted by molar-refractivity contribution is 0.0993. The SMILES string of the molecule is O=C(Cc1ccccc1)c1c[nH]c(S(=O)(=O)Cl)c1. The van der Waals surface area contributed by atoms with Gasteiger partial charge in [0.15, 0.2) is 5.78 Å². The Hall–Kier alpha value is -1.59. The standard InChI is InChI=1S/C12H10ClNO3S/c13-18(16,17)12-7-10(8-14-12)11(15)6-9-4-2-1-3-5-9/h1-5,7-8,14H,6H2. The Morgan fingerprint density at radius 1 is 1.22 bits per heavy atom. The Labute approximate surface area is 109 Å². The number of ketones is 1. The number of benzene rings is 1. The summed E-state index contributed by atoms with van der Waals surface area (Å²) >= 11 is 0. The van der Waals surface area contributed by atoms with E-state index < -0.39 is 9.05 Å². The minimum Gasteiger partial charge on any atom is -0.351 e. The van der Waals surface area contributed by atoms with E-state index in [2.05, 4.69) is 4.98 Å². The van der Waals surface area contributed by atoms with E-state index in [1.165, 1.54) is 12.3 Å². The summed E-state index contributed by atoms with van der Waals surface area (Å²) in [6.07, 6.45) is 1.57. The summed E-state index contributed by atoms with van der Waals surface area (Å²) in [6.45, 7) is 0. The minimum absolute atomic E-state index is 0.163. The van der Waals surface area contributed by atoms with Gasteiger partial charge in [-0.15, -0.1) is 0 Å². The Morgan fingerprint density at radius 2 is 1.89 bits per heavy atom. The highest BCUT2D eigenvalue weighted by atomic mass is 35.7. The van der Waals surface area contributed by atoms with Crippen molar-refractivity contribution in [3.8, 4) is 0 Å². The van der Waals surface area contributed by atoms with Gasteiger partial charge in [-0.05, 0) is 11.6 Å². The van der Waals surface area contributed by atoms with Crippen molar-refractivity contribution >= 4 is 25.5 Å². The number of nitrogens with one attached hydrogen (secondary N) is 1. The number of hydrogen-bond donors (Lipinski definition) is 1. The Morgan fingerprint density at radius 3 is 2.44 bits per heavy atom. The summed E-state index contributed by atoms with van der Waals surface area (Å²) < 4.78 is 22.1. The Bertz CT molecular complexity index is 662. The molecule has 94 valence electrons. The number of aromatic amines is 1. The molecule has 0 aliphatic heterocycles. The van der Waals surface area contributed by atoms with Crippen LogP contribution in [0.15, 0.2) is 47.6 Å². The number of carbonyl (C=O) groups excluding carboxylic acids is 1. The van der Waals surface area contributed by atoms with E-state index in [4.69, 9.17) is 10.7 Å². The molecule has 2 rings (SSSR count). The van der Waals surface area contributed by atoms with Crippen molar-refractivity contribution in [1.29, 1.82) is 0 Å². The molecule has 1 heterocycles. The van der Waals surface area contributed by atoms with Crippen molar-refractivity contribution < 1.29 is 13.2 Å². The number of carbonyl (C=O) groups is 1. The molecule has 1 N–H and O–H groups in total. The van der Waals surface area contributed by atoms with Gasteiger partial charge < -0.3 is 4.98 Å². The van der Waals surface area contributed by atoms with Crippen LogP contribution < -0.4 is 0 Å². The van der Waals surface area contributed by atoms with Crippen molar-refractivity contribution in [1.82, 2.24) is 4.98 Å². The first kappa shape index (κ1) is 12.9. The summed E-state index contributed by atoms with van der Waals surface area (Å²) in [7, 11) is 1.34. The molecule has 0 fully saturated rings. The second-order valence-corrected chi connectivity index (χ2v) is 6.31. The van der Waals surface area contributed by atoms with Gasteiger partial charge in [-0.1, -0.05) is 30.3 Å². The summed E-state index contributed by atoms with van der Waals surface area (Å²) in [6, 6.07) is 10.5. The highest BCUT2D eigenvalue weighted by molar-refractivity contribution is 8.13. The molecule has 0 atom stereocenters.